The summed E-state index contributed by atoms with van der Waals surface area (Å²) >= 11 is 0. The third-order valence-electron chi connectivity index (χ3n) is 2.44. The van der Waals surface area contributed by atoms with Crippen molar-refractivity contribution in [3.05, 3.63) is 29.3 Å². The highest BCUT2D eigenvalue weighted by Crippen LogP contribution is 2.20. The molecule has 1 aromatic carbocycles. The fourth-order valence-corrected chi connectivity index (χ4v) is 1.47. The average molecular weight is 253 g/mol. The maximum atomic E-state index is 11.3. The van der Waals surface area contributed by atoms with Gasteiger partial charge in [-0.1, -0.05) is 0 Å². The van der Waals surface area contributed by atoms with E-state index in [4.69, 9.17) is 5.73 Å². The lowest BCUT2D eigenvalue weighted by Gasteiger charge is -2.11. The Morgan fingerprint density at radius 1 is 1.33 bits per heavy atom. The van der Waals surface area contributed by atoms with Crippen LogP contribution in [0.4, 0.5) is 0 Å². The van der Waals surface area contributed by atoms with Crippen molar-refractivity contribution in [3.63, 3.8) is 0 Å². The number of nitrogens with two attached hydrogens (primary N) is 1. The summed E-state index contributed by atoms with van der Waals surface area (Å²) in [6, 6.07) is 3.32. The molecule has 1 rings (SSSR count). The molecule has 1 atom stereocenters. The van der Waals surface area contributed by atoms with Gasteiger partial charge in [0.15, 0.2) is 0 Å². The van der Waals surface area contributed by atoms with Gasteiger partial charge in [0.25, 0.3) is 0 Å². The SMILES string of the molecule is COC(=O)c1ccc(O)c(CC(N)C(=O)OC)c1. The maximum absolute atomic E-state index is 11.3. The van der Waals surface area contributed by atoms with Crippen molar-refractivity contribution in [1.29, 1.82) is 0 Å². The van der Waals surface area contributed by atoms with Crippen LogP contribution in [-0.4, -0.2) is 37.3 Å². The molecule has 0 spiro atoms. The van der Waals surface area contributed by atoms with Crippen molar-refractivity contribution in [1.82, 2.24) is 0 Å². The molecule has 0 radical (unpaired) electrons. The van der Waals surface area contributed by atoms with Crippen LogP contribution < -0.4 is 5.73 Å². The number of rotatable bonds is 4. The molecule has 1 aromatic rings. The van der Waals surface area contributed by atoms with Gasteiger partial charge >= 0.3 is 11.9 Å². The average Bonchev–Trinajstić information content (AvgIpc) is 2.39. The second-order valence-electron chi connectivity index (χ2n) is 3.67. The van der Waals surface area contributed by atoms with E-state index >= 15 is 0 Å². The van der Waals surface area contributed by atoms with E-state index in [-0.39, 0.29) is 17.7 Å². The highest BCUT2D eigenvalue weighted by molar-refractivity contribution is 5.89. The van der Waals surface area contributed by atoms with E-state index in [9.17, 15) is 14.7 Å². The first-order chi connectivity index (χ1) is 8.49. The normalized spacial score (nSPS) is 11.7. The Balaban J connectivity index is 2.94. The van der Waals surface area contributed by atoms with E-state index < -0.39 is 18.0 Å². The largest absolute Gasteiger partial charge is 0.508 e. The van der Waals surface area contributed by atoms with Crippen molar-refractivity contribution in [2.45, 2.75) is 12.5 Å². The summed E-state index contributed by atoms with van der Waals surface area (Å²) in [5, 5.41) is 9.63. The Bertz CT molecular complexity index is 458. The molecule has 0 aliphatic carbocycles. The standard InChI is InChI=1S/C12H15NO5/c1-17-11(15)7-3-4-10(14)8(5-7)6-9(13)12(16)18-2/h3-5,9,14H,6,13H2,1-2H3. The Labute approximate surface area is 104 Å². The van der Waals surface area contributed by atoms with Crippen LogP contribution in [0.5, 0.6) is 5.75 Å². The van der Waals surface area contributed by atoms with E-state index in [1.165, 1.54) is 32.4 Å². The predicted molar refractivity (Wildman–Crippen MR) is 63.1 cm³/mol. The molecule has 6 nitrogen and oxygen atoms in total. The molecular formula is C12H15NO5. The Morgan fingerprint density at radius 3 is 2.56 bits per heavy atom. The summed E-state index contributed by atoms with van der Waals surface area (Å²) in [5.41, 5.74) is 6.25. The van der Waals surface area contributed by atoms with E-state index in [2.05, 4.69) is 9.47 Å². The lowest BCUT2D eigenvalue weighted by atomic mass is 10.0. The van der Waals surface area contributed by atoms with Gasteiger partial charge in [0.05, 0.1) is 19.8 Å². The van der Waals surface area contributed by atoms with Gasteiger partial charge in [0.1, 0.15) is 11.8 Å². The van der Waals surface area contributed by atoms with Crippen molar-refractivity contribution in [2.24, 2.45) is 5.73 Å². The molecule has 0 aromatic heterocycles. The number of aromatic hydroxyl groups is 1. The van der Waals surface area contributed by atoms with Crippen LogP contribution in [0.1, 0.15) is 15.9 Å². The van der Waals surface area contributed by atoms with Crippen molar-refractivity contribution < 1.29 is 24.2 Å². The van der Waals surface area contributed by atoms with Crippen molar-refractivity contribution >= 4 is 11.9 Å². The molecule has 18 heavy (non-hydrogen) atoms. The van der Waals surface area contributed by atoms with Crippen LogP contribution in [0, 0.1) is 0 Å². The second-order valence-corrected chi connectivity index (χ2v) is 3.67. The number of phenolic OH excluding ortho intramolecular Hbond substituents is 1. The highest BCUT2D eigenvalue weighted by Gasteiger charge is 2.17. The monoisotopic (exact) mass is 253 g/mol. The molecule has 0 heterocycles. The Hall–Kier alpha value is -2.08. The molecule has 6 heteroatoms. The van der Waals surface area contributed by atoms with Crippen LogP contribution in [0.15, 0.2) is 18.2 Å². The molecule has 0 bridgehead atoms. The second kappa shape index (κ2) is 6.02. The Kier molecular flexibility index (Phi) is 4.67. The number of methoxy groups -OCH3 is 2. The van der Waals surface area contributed by atoms with Crippen LogP contribution in [0.2, 0.25) is 0 Å². The minimum Gasteiger partial charge on any atom is -0.508 e. The summed E-state index contributed by atoms with van der Waals surface area (Å²) in [7, 11) is 2.49. The number of esters is 2. The fourth-order valence-electron chi connectivity index (χ4n) is 1.47. The van der Waals surface area contributed by atoms with E-state index in [0.29, 0.717) is 5.56 Å². The summed E-state index contributed by atoms with van der Waals surface area (Å²) in [6.45, 7) is 0. The summed E-state index contributed by atoms with van der Waals surface area (Å²) in [6.07, 6.45) is 0.0728. The topological polar surface area (TPSA) is 98.9 Å². The third-order valence-corrected chi connectivity index (χ3v) is 2.44. The highest BCUT2D eigenvalue weighted by atomic mass is 16.5. The summed E-state index contributed by atoms with van der Waals surface area (Å²) in [5.74, 6) is -1.15. The van der Waals surface area contributed by atoms with E-state index in [0.717, 1.165) is 0 Å². The Morgan fingerprint density at radius 2 is 2.00 bits per heavy atom. The zero-order valence-corrected chi connectivity index (χ0v) is 10.2. The number of carbonyl (C=O) groups is 2. The first-order valence-corrected chi connectivity index (χ1v) is 5.23. The van der Waals surface area contributed by atoms with E-state index in [1.807, 2.05) is 0 Å². The van der Waals surface area contributed by atoms with Gasteiger partial charge in [0.2, 0.25) is 0 Å². The van der Waals surface area contributed by atoms with Gasteiger partial charge in [-0.05, 0) is 23.8 Å². The number of carbonyl (C=O) groups excluding carboxylic acids is 2. The number of ether oxygens (including phenoxy) is 2. The van der Waals surface area contributed by atoms with Gasteiger partial charge < -0.3 is 20.3 Å². The van der Waals surface area contributed by atoms with Gasteiger partial charge in [-0.15, -0.1) is 0 Å². The van der Waals surface area contributed by atoms with Gasteiger partial charge in [-0.2, -0.15) is 0 Å². The smallest absolute Gasteiger partial charge is 0.337 e. The summed E-state index contributed by atoms with van der Waals surface area (Å²) < 4.78 is 9.05. The summed E-state index contributed by atoms with van der Waals surface area (Å²) in [4.78, 5) is 22.5. The number of hydrogen-bond donors (Lipinski definition) is 2. The lowest BCUT2D eigenvalue weighted by Crippen LogP contribution is -2.33. The number of phenols is 1. The first-order valence-electron chi connectivity index (χ1n) is 5.23. The molecular weight excluding hydrogens is 238 g/mol. The minimum atomic E-state index is -0.895. The molecule has 0 aliphatic rings. The first kappa shape index (κ1) is 14.0. The van der Waals surface area contributed by atoms with Crippen molar-refractivity contribution in [3.8, 4) is 5.75 Å². The molecule has 0 saturated carbocycles. The van der Waals surface area contributed by atoms with Crippen LogP contribution >= 0.6 is 0 Å². The van der Waals surface area contributed by atoms with Crippen LogP contribution in [0.3, 0.4) is 0 Å². The van der Waals surface area contributed by atoms with E-state index in [1.54, 1.807) is 0 Å². The fraction of sp³-hybridized carbons (Fsp3) is 0.333. The molecule has 0 fully saturated rings. The van der Waals surface area contributed by atoms with Crippen molar-refractivity contribution in [2.75, 3.05) is 14.2 Å². The third kappa shape index (κ3) is 3.21. The lowest BCUT2D eigenvalue weighted by molar-refractivity contribution is -0.142. The maximum Gasteiger partial charge on any atom is 0.337 e. The number of benzene rings is 1. The predicted octanol–water partition coefficient (Wildman–Crippen LogP) is 0.222. The zero-order chi connectivity index (χ0) is 13.7. The zero-order valence-electron chi connectivity index (χ0n) is 10.2. The molecule has 98 valence electrons. The van der Waals surface area contributed by atoms with Gasteiger partial charge in [-0.25, -0.2) is 4.79 Å². The van der Waals surface area contributed by atoms with Crippen LogP contribution in [-0.2, 0) is 20.7 Å². The van der Waals surface area contributed by atoms with Gasteiger partial charge in [0, 0.05) is 6.42 Å². The molecule has 3 N–H and O–H groups in total. The molecule has 1 unspecified atom stereocenters. The van der Waals surface area contributed by atoms with Crippen LogP contribution in [0.25, 0.3) is 0 Å². The number of hydrogen-bond acceptors (Lipinski definition) is 6. The molecule has 0 aliphatic heterocycles. The molecule has 0 saturated heterocycles. The minimum absolute atomic E-state index is 0.0398. The molecule has 0 amide bonds. The quantitative estimate of drug-likeness (QED) is 0.745. The van der Waals surface area contributed by atoms with Gasteiger partial charge in [-0.3, -0.25) is 4.79 Å².